The van der Waals surface area contributed by atoms with Gasteiger partial charge in [-0.3, -0.25) is 4.79 Å². The monoisotopic (exact) mass is 196 g/mol. The van der Waals surface area contributed by atoms with Crippen LogP contribution in [0, 0.1) is 0 Å². The number of ketones is 1. The lowest BCUT2D eigenvalue weighted by atomic mass is 10.0. The van der Waals surface area contributed by atoms with Gasteiger partial charge in [-0.15, -0.1) is 0 Å². The average Bonchev–Trinajstić information content (AvgIpc) is 2.20. The van der Waals surface area contributed by atoms with Gasteiger partial charge in [0.1, 0.15) is 0 Å². The summed E-state index contributed by atoms with van der Waals surface area (Å²) in [4.78, 5) is 11.5. The molecule has 0 atom stereocenters. The highest BCUT2D eigenvalue weighted by atomic mass is 16.5. The lowest BCUT2D eigenvalue weighted by molar-refractivity contribution is -0.115. The molecular formula is C10H12O4. The molecule has 0 N–H and O–H groups in total. The quantitative estimate of drug-likeness (QED) is 0.635. The Kier molecular flexibility index (Phi) is 2.96. The molecule has 14 heavy (non-hydrogen) atoms. The van der Waals surface area contributed by atoms with Crippen molar-refractivity contribution in [2.24, 2.45) is 0 Å². The van der Waals surface area contributed by atoms with E-state index in [4.69, 9.17) is 14.2 Å². The van der Waals surface area contributed by atoms with Crippen molar-refractivity contribution >= 4 is 5.78 Å². The summed E-state index contributed by atoms with van der Waals surface area (Å²) in [6.07, 6.45) is 1.52. The molecule has 1 rings (SSSR count). The first-order valence-corrected chi connectivity index (χ1v) is 3.97. The van der Waals surface area contributed by atoms with E-state index in [2.05, 4.69) is 6.58 Å². The first-order chi connectivity index (χ1) is 6.65. The molecule has 1 aliphatic rings. The third-order valence-corrected chi connectivity index (χ3v) is 1.86. The third kappa shape index (κ3) is 1.51. The fourth-order valence-corrected chi connectivity index (χ4v) is 1.18. The molecule has 0 spiro atoms. The van der Waals surface area contributed by atoms with E-state index in [9.17, 15) is 4.79 Å². The van der Waals surface area contributed by atoms with Gasteiger partial charge in [0.2, 0.25) is 17.3 Å². The zero-order chi connectivity index (χ0) is 10.7. The normalized spacial score (nSPS) is 16.6. The second-order valence-corrected chi connectivity index (χ2v) is 2.63. The van der Waals surface area contributed by atoms with E-state index < -0.39 is 0 Å². The minimum atomic E-state index is -0.287. The van der Waals surface area contributed by atoms with Crippen LogP contribution in [0.25, 0.3) is 0 Å². The Morgan fingerprint density at radius 3 is 2.07 bits per heavy atom. The SMILES string of the molecule is C=C1C=C(OC)C(OC)=C(OC)C1=O. The number of ether oxygens (including phenoxy) is 3. The van der Waals surface area contributed by atoms with Gasteiger partial charge < -0.3 is 14.2 Å². The van der Waals surface area contributed by atoms with Crippen LogP contribution in [0.15, 0.2) is 35.5 Å². The van der Waals surface area contributed by atoms with Crippen molar-refractivity contribution in [3.63, 3.8) is 0 Å². The molecule has 0 fully saturated rings. The number of methoxy groups -OCH3 is 3. The van der Waals surface area contributed by atoms with Crippen molar-refractivity contribution in [2.45, 2.75) is 0 Å². The van der Waals surface area contributed by atoms with Crippen molar-refractivity contribution < 1.29 is 19.0 Å². The Bertz CT molecular complexity index is 336. The van der Waals surface area contributed by atoms with Crippen LogP contribution >= 0.6 is 0 Å². The highest BCUT2D eigenvalue weighted by Gasteiger charge is 2.27. The molecule has 0 aromatic rings. The highest BCUT2D eigenvalue weighted by Crippen LogP contribution is 2.26. The molecule has 0 saturated heterocycles. The van der Waals surface area contributed by atoms with Gasteiger partial charge in [0.05, 0.1) is 21.3 Å². The van der Waals surface area contributed by atoms with E-state index in [1.54, 1.807) is 0 Å². The minimum Gasteiger partial charge on any atom is -0.493 e. The van der Waals surface area contributed by atoms with E-state index in [-0.39, 0.29) is 11.5 Å². The molecule has 0 saturated carbocycles. The summed E-state index contributed by atoms with van der Waals surface area (Å²) in [5.74, 6) is 0.573. The molecule has 0 aromatic heterocycles. The van der Waals surface area contributed by atoms with E-state index in [0.29, 0.717) is 17.1 Å². The summed E-state index contributed by atoms with van der Waals surface area (Å²) in [7, 11) is 4.34. The molecule has 4 nitrogen and oxygen atoms in total. The van der Waals surface area contributed by atoms with E-state index in [0.717, 1.165) is 0 Å². The van der Waals surface area contributed by atoms with Crippen LogP contribution in [0.1, 0.15) is 0 Å². The van der Waals surface area contributed by atoms with Crippen LogP contribution in [-0.4, -0.2) is 27.1 Å². The standard InChI is InChI=1S/C10H12O4/c1-6-5-7(12-2)9(13-3)10(14-4)8(6)11/h5H,1H2,2-4H3. The number of hydrogen-bond acceptors (Lipinski definition) is 4. The van der Waals surface area contributed by atoms with E-state index in [1.165, 1.54) is 27.4 Å². The number of carbonyl (C=O) groups is 1. The Hall–Kier alpha value is -1.71. The van der Waals surface area contributed by atoms with Gasteiger partial charge in [0.15, 0.2) is 5.76 Å². The molecule has 0 unspecified atom stereocenters. The molecule has 0 aromatic carbocycles. The number of allylic oxidation sites excluding steroid dienone is 2. The molecule has 0 amide bonds. The predicted molar refractivity (Wildman–Crippen MR) is 50.3 cm³/mol. The topological polar surface area (TPSA) is 44.8 Å². The Morgan fingerprint density at radius 2 is 1.64 bits per heavy atom. The zero-order valence-electron chi connectivity index (χ0n) is 8.42. The minimum absolute atomic E-state index is 0.122. The summed E-state index contributed by atoms with van der Waals surface area (Å²) in [6, 6.07) is 0. The van der Waals surface area contributed by atoms with E-state index >= 15 is 0 Å². The fraction of sp³-hybridized carbons (Fsp3) is 0.300. The Labute approximate surface area is 82.5 Å². The predicted octanol–water partition coefficient (Wildman–Crippen LogP) is 1.16. The zero-order valence-corrected chi connectivity index (χ0v) is 8.42. The van der Waals surface area contributed by atoms with Crippen molar-refractivity contribution in [1.29, 1.82) is 0 Å². The number of carbonyl (C=O) groups excluding carboxylic acids is 1. The molecule has 0 heterocycles. The molecule has 1 aliphatic carbocycles. The van der Waals surface area contributed by atoms with Crippen molar-refractivity contribution in [3.05, 3.63) is 35.5 Å². The summed E-state index contributed by atoms with van der Waals surface area (Å²) in [5, 5.41) is 0. The van der Waals surface area contributed by atoms with Gasteiger partial charge in [-0.05, 0) is 6.08 Å². The summed E-state index contributed by atoms with van der Waals surface area (Å²) >= 11 is 0. The molecule has 0 radical (unpaired) electrons. The molecule has 0 bridgehead atoms. The lowest BCUT2D eigenvalue weighted by Gasteiger charge is -2.18. The van der Waals surface area contributed by atoms with Gasteiger partial charge in [-0.25, -0.2) is 0 Å². The van der Waals surface area contributed by atoms with Crippen LogP contribution in [-0.2, 0) is 19.0 Å². The molecule has 4 heteroatoms. The van der Waals surface area contributed by atoms with Gasteiger partial charge in [-0.2, -0.15) is 0 Å². The number of hydrogen-bond donors (Lipinski definition) is 0. The van der Waals surface area contributed by atoms with Crippen LogP contribution in [0.4, 0.5) is 0 Å². The maximum absolute atomic E-state index is 11.5. The smallest absolute Gasteiger partial charge is 0.231 e. The lowest BCUT2D eigenvalue weighted by Crippen LogP contribution is -2.17. The first-order valence-electron chi connectivity index (χ1n) is 3.97. The summed E-state index contributed by atoms with van der Waals surface area (Å²) in [5.41, 5.74) is 0.319. The van der Waals surface area contributed by atoms with Crippen molar-refractivity contribution in [1.82, 2.24) is 0 Å². The molecule has 76 valence electrons. The van der Waals surface area contributed by atoms with Crippen LogP contribution in [0.3, 0.4) is 0 Å². The van der Waals surface area contributed by atoms with Crippen molar-refractivity contribution in [3.8, 4) is 0 Å². The van der Waals surface area contributed by atoms with E-state index in [1.807, 2.05) is 0 Å². The van der Waals surface area contributed by atoms with Gasteiger partial charge in [0, 0.05) is 5.57 Å². The number of rotatable bonds is 3. The van der Waals surface area contributed by atoms with Crippen molar-refractivity contribution in [2.75, 3.05) is 21.3 Å². The second-order valence-electron chi connectivity index (χ2n) is 2.63. The second kappa shape index (κ2) is 4.00. The summed E-state index contributed by atoms with van der Waals surface area (Å²) < 4.78 is 15.0. The average molecular weight is 196 g/mol. The third-order valence-electron chi connectivity index (χ3n) is 1.86. The fourth-order valence-electron chi connectivity index (χ4n) is 1.18. The van der Waals surface area contributed by atoms with Gasteiger partial charge in [-0.1, -0.05) is 6.58 Å². The first kappa shape index (κ1) is 10.4. The maximum Gasteiger partial charge on any atom is 0.231 e. The van der Waals surface area contributed by atoms with Crippen LogP contribution in [0.5, 0.6) is 0 Å². The molecular weight excluding hydrogens is 184 g/mol. The Morgan fingerprint density at radius 1 is 1.07 bits per heavy atom. The van der Waals surface area contributed by atoms with Crippen LogP contribution in [0.2, 0.25) is 0 Å². The van der Waals surface area contributed by atoms with Gasteiger partial charge >= 0.3 is 0 Å². The van der Waals surface area contributed by atoms with Gasteiger partial charge in [0.25, 0.3) is 0 Å². The van der Waals surface area contributed by atoms with Crippen LogP contribution < -0.4 is 0 Å². The largest absolute Gasteiger partial charge is 0.493 e. The number of Topliss-reactive ketones (excluding diaryl/α,β-unsaturated/α-hetero) is 1. The highest BCUT2D eigenvalue weighted by molar-refractivity contribution is 6.10. The molecule has 0 aliphatic heterocycles. The Balaban J connectivity index is 3.24. The maximum atomic E-state index is 11.5. The summed E-state index contributed by atoms with van der Waals surface area (Å²) in [6.45, 7) is 3.58.